The van der Waals surface area contributed by atoms with Crippen LogP contribution in [0.25, 0.3) is 0 Å². The topological polar surface area (TPSA) is 127 Å². The summed E-state index contributed by atoms with van der Waals surface area (Å²) in [6, 6.07) is 0. The molecule has 39 heavy (non-hydrogen) atoms. The molecule has 212 valence electrons. The van der Waals surface area contributed by atoms with Gasteiger partial charge in [0.05, 0.1) is 30.9 Å². The third-order valence-corrected chi connectivity index (χ3v) is 6.92. The van der Waals surface area contributed by atoms with Gasteiger partial charge in [-0.2, -0.15) is 18.2 Å². The lowest BCUT2D eigenvalue weighted by Gasteiger charge is -2.51. The molecule has 0 radical (unpaired) electrons. The van der Waals surface area contributed by atoms with Crippen molar-refractivity contribution in [2.24, 2.45) is 9.98 Å². The molecular weight excluding hydrogens is 525 g/mol. The Bertz CT molecular complexity index is 1200. The summed E-state index contributed by atoms with van der Waals surface area (Å²) >= 11 is 0. The molecule has 2 fully saturated rings. The van der Waals surface area contributed by atoms with Gasteiger partial charge in [0, 0.05) is 13.1 Å². The van der Waals surface area contributed by atoms with Crippen molar-refractivity contribution < 1.29 is 46.6 Å². The standard InChI is InChI=1S/C25H29F3N4O7/c1-23(2,3)39-22(36)31-9-10-32(21(35)25(26,27)28)24(20(31)34)7-5-14(6-8-24)38-18-11-15-16(12-17(18)37-4)29-13-30-19(15)33/h11,13-14H,5-10,12H2,1-4H3. The van der Waals surface area contributed by atoms with Crippen LogP contribution in [0.4, 0.5) is 18.0 Å². The Kier molecular flexibility index (Phi) is 7.34. The number of allylic oxidation sites excluding steroid dienone is 2. The first-order valence-corrected chi connectivity index (χ1v) is 12.4. The van der Waals surface area contributed by atoms with Crippen LogP contribution in [0, 0.1) is 0 Å². The third kappa shape index (κ3) is 5.55. The van der Waals surface area contributed by atoms with Gasteiger partial charge in [0.15, 0.2) is 5.76 Å². The fraction of sp³-hybridized carbons (Fsp3) is 0.600. The zero-order valence-corrected chi connectivity index (χ0v) is 22.0. The molecule has 4 amide bonds. The largest absolute Gasteiger partial charge is 0.497 e. The molecule has 1 spiro atoms. The maximum absolute atomic E-state index is 13.6. The van der Waals surface area contributed by atoms with Crippen LogP contribution in [0.1, 0.15) is 52.9 Å². The number of methoxy groups -OCH3 is 1. The van der Waals surface area contributed by atoms with Crippen LogP contribution in [-0.4, -0.2) is 89.3 Å². The molecule has 4 aliphatic rings. The van der Waals surface area contributed by atoms with E-state index >= 15 is 0 Å². The number of piperazine rings is 1. The van der Waals surface area contributed by atoms with Gasteiger partial charge in [-0.15, -0.1) is 0 Å². The maximum Gasteiger partial charge on any atom is 0.471 e. The molecule has 0 N–H and O–H groups in total. The number of carbonyl (C=O) groups is 4. The van der Waals surface area contributed by atoms with Gasteiger partial charge in [-0.05, 0) is 52.5 Å². The van der Waals surface area contributed by atoms with E-state index in [1.807, 2.05) is 0 Å². The van der Waals surface area contributed by atoms with Gasteiger partial charge in [0.25, 0.3) is 11.8 Å². The Morgan fingerprint density at radius 1 is 1.10 bits per heavy atom. The molecule has 2 aliphatic heterocycles. The Balaban J connectivity index is 1.56. The summed E-state index contributed by atoms with van der Waals surface area (Å²) in [6.07, 6.45) is -4.13. The fourth-order valence-corrected chi connectivity index (χ4v) is 5.10. The van der Waals surface area contributed by atoms with Crippen LogP contribution in [0.2, 0.25) is 0 Å². The third-order valence-electron chi connectivity index (χ3n) is 6.92. The molecular formula is C25H29F3N4O7. The molecule has 0 unspecified atom stereocenters. The zero-order chi connectivity index (χ0) is 28.8. The Hall–Kier alpha value is -3.71. The highest BCUT2D eigenvalue weighted by Crippen LogP contribution is 2.42. The number of imide groups is 1. The molecule has 0 bridgehead atoms. The van der Waals surface area contributed by atoms with E-state index in [4.69, 9.17) is 14.2 Å². The summed E-state index contributed by atoms with van der Waals surface area (Å²) in [5.41, 5.74) is -2.11. The highest BCUT2D eigenvalue weighted by atomic mass is 19.4. The van der Waals surface area contributed by atoms with Gasteiger partial charge in [0.2, 0.25) is 0 Å². The fourth-order valence-electron chi connectivity index (χ4n) is 5.10. The molecule has 0 aromatic rings. The number of hydrogen-bond acceptors (Lipinski definition) is 8. The summed E-state index contributed by atoms with van der Waals surface area (Å²) in [4.78, 5) is 59.9. The number of rotatable bonds is 3. The van der Waals surface area contributed by atoms with E-state index < -0.39 is 60.3 Å². The maximum atomic E-state index is 13.6. The molecule has 0 aromatic carbocycles. The van der Waals surface area contributed by atoms with Crippen molar-refractivity contribution >= 4 is 35.9 Å². The molecule has 1 saturated carbocycles. The van der Waals surface area contributed by atoms with E-state index in [2.05, 4.69) is 9.98 Å². The summed E-state index contributed by atoms with van der Waals surface area (Å²) in [7, 11) is 1.43. The summed E-state index contributed by atoms with van der Waals surface area (Å²) in [5, 5.41) is 0. The van der Waals surface area contributed by atoms with E-state index in [1.54, 1.807) is 20.8 Å². The van der Waals surface area contributed by atoms with Gasteiger partial charge >= 0.3 is 18.2 Å². The number of nitrogens with zero attached hydrogens (tertiary/aromatic N) is 4. The van der Waals surface area contributed by atoms with Crippen LogP contribution in [-0.2, 0) is 28.6 Å². The molecule has 2 heterocycles. The van der Waals surface area contributed by atoms with Crippen molar-refractivity contribution in [1.29, 1.82) is 0 Å². The minimum absolute atomic E-state index is 0.0895. The highest BCUT2D eigenvalue weighted by molar-refractivity contribution is 6.27. The van der Waals surface area contributed by atoms with Gasteiger partial charge in [-0.1, -0.05) is 0 Å². The van der Waals surface area contributed by atoms with Crippen molar-refractivity contribution in [2.45, 2.75) is 76.3 Å². The Morgan fingerprint density at radius 2 is 1.77 bits per heavy atom. The van der Waals surface area contributed by atoms with Crippen LogP contribution in [0.15, 0.2) is 33.2 Å². The summed E-state index contributed by atoms with van der Waals surface area (Å²) in [5.74, 6) is -2.88. The number of hydrogen-bond donors (Lipinski definition) is 0. The molecule has 14 heteroatoms. The Labute approximate surface area is 222 Å². The van der Waals surface area contributed by atoms with Gasteiger partial charge in [-0.3, -0.25) is 14.4 Å². The predicted octanol–water partition coefficient (Wildman–Crippen LogP) is 3.05. The molecule has 2 aliphatic carbocycles. The number of fused-ring (bicyclic) bond motifs is 1. The average molecular weight is 555 g/mol. The van der Waals surface area contributed by atoms with Crippen LogP contribution in [0.5, 0.6) is 0 Å². The number of amides is 4. The van der Waals surface area contributed by atoms with Crippen molar-refractivity contribution in [3.05, 3.63) is 23.2 Å². The van der Waals surface area contributed by atoms with Crippen LogP contribution >= 0.6 is 0 Å². The van der Waals surface area contributed by atoms with Crippen molar-refractivity contribution in [3.63, 3.8) is 0 Å². The normalized spacial score (nSPS) is 25.8. The molecule has 1 saturated heterocycles. The van der Waals surface area contributed by atoms with E-state index in [0.29, 0.717) is 16.4 Å². The molecule has 11 nitrogen and oxygen atoms in total. The second-order valence-corrected chi connectivity index (χ2v) is 10.6. The number of alkyl halides is 3. The van der Waals surface area contributed by atoms with E-state index in [0.717, 1.165) is 11.2 Å². The summed E-state index contributed by atoms with van der Waals surface area (Å²) in [6.45, 7) is 3.90. The monoisotopic (exact) mass is 554 g/mol. The number of carbonyl (C=O) groups excluding carboxylic acids is 4. The van der Waals surface area contributed by atoms with Gasteiger partial charge < -0.3 is 19.1 Å². The minimum atomic E-state index is -5.20. The lowest BCUT2D eigenvalue weighted by atomic mass is 9.76. The lowest BCUT2D eigenvalue weighted by Crippen LogP contribution is -2.71. The number of aliphatic imine (C=N–C) groups is 2. The highest BCUT2D eigenvalue weighted by Gasteiger charge is 2.59. The van der Waals surface area contributed by atoms with E-state index in [9.17, 15) is 32.3 Å². The number of ether oxygens (including phenoxy) is 3. The first-order valence-electron chi connectivity index (χ1n) is 12.4. The zero-order valence-electron chi connectivity index (χ0n) is 22.0. The Morgan fingerprint density at radius 3 is 2.36 bits per heavy atom. The van der Waals surface area contributed by atoms with E-state index in [1.165, 1.54) is 13.2 Å². The molecule has 4 rings (SSSR count). The average Bonchev–Trinajstić information content (AvgIpc) is 2.85. The smallest absolute Gasteiger partial charge is 0.471 e. The number of halogens is 3. The second kappa shape index (κ2) is 10.1. The predicted molar refractivity (Wildman–Crippen MR) is 129 cm³/mol. The minimum Gasteiger partial charge on any atom is -0.497 e. The molecule has 0 aromatic heterocycles. The van der Waals surface area contributed by atoms with Crippen molar-refractivity contribution in [2.75, 3.05) is 20.2 Å². The molecule has 0 atom stereocenters. The quantitative estimate of drug-likeness (QED) is 0.525. The first kappa shape index (κ1) is 28.3. The SMILES string of the molecule is COC1=C(OC2CCC3(CC2)C(=O)N(C(=O)OC(C)(C)C)CCN3C(=O)C(F)(F)F)C=C2C(=O)N=CN=C2C1. The van der Waals surface area contributed by atoms with Crippen LogP contribution in [0.3, 0.4) is 0 Å². The second-order valence-electron chi connectivity index (χ2n) is 10.6. The van der Waals surface area contributed by atoms with Gasteiger partial charge in [0.1, 0.15) is 23.2 Å². The summed E-state index contributed by atoms with van der Waals surface area (Å²) < 4.78 is 57.3. The lowest BCUT2D eigenvalue weighted by molar-refractivity contribution is -0.199. The van der Waals surface area contributed by atoms with Gasteiger partial charge in [-0.25, -0.2) is 14.7 Å². The van der Waals surface area contributed by atoms with Crippen molar-refractivity contribution in [3.8, 4) is 0 Å². The van der Waals surface area contributed by atoms with Crippen molar-refractivity contribution in [1.82, 2.24) is 9.80 Å². The van der Waals surface area contributed by atoms with E-state index in [-0.39, 0.29) is 43.4 Å². The first-order chi connectivity index (χ1) is 18.2. The van der Waals surface area contributed by atoms with Crippen LogP contribution < -0.4 is 0 Å².